The molecule has 0 aliphatic carbocycles. The number of hydrogen-bond donors (Lipinski definition) is 1. The first-order valence-electron chi connectivity index (χ1n) is 12.2. The van der Waals surface area contributed by atoms with Crippen molar-refractivity contribution < 1.29 is 14.3 Å². The number of halogens is 2. The second-order valence-corrected chi connectivity index (χ2v) is 9.64. The Bertz CT molecular complexity index is 1750. The fourth-order valence-corrected chi connectivity index (χ4v) is 4.74. The molecule has 12 heteroatoms. The summed E-state index contributed by atoms with van der Waals surface area (Å²) in [6.45, 7) is 0.248. The summed E-state index contributed by atoms with van der Waals surface area (Å²) in [4.78, 5) is 39.7. The summed E-state index contributed by atoms with van der Waals surface area (Å²) in [6, 6.07) is 11.0. The number of hydrogen-bond acceptors (Lipinski definition) is 7. The number of amides is 1. The van der Waals surface area contributed by atoms with E-state index in [0.29, 0.717) is 49.5 Å². The van der Waals surface area contributed by atoms with Crippen LogP contribution in [0.25, 0.3) is 27.8 Å². The van der Waals surface area contributed by atoms with Crippen LogP contribution in [0.1, 0.15) is 12.5 Å². The fourth-order valence-electron chi connectivity index (χ4n) is 4.42. The second kappa shape index (κ2) is 11.9. The maximum Gasteiger partial charge on any atom is 0.252 e. The van der Waals surface area contributed by atoms with Gasteiger partial charge < -0.3 is 19.4 Å². The van der Waals surface area contributed by atoms with Gasteiger partial charge in [-0.15, -0.1) is 0 Å². The first-order valence-corrected chi connectivity index (χ1v) is 12.9. The molecule has 0 fully saturated rings. The van der Waals surface area contributed by atoms with Crippen LogP contribution in [0.2, 0.25) is 10.2 Å². The summed E-state index contributed by atoms with van der Waals surface area (Å²) in [5.41, 5.74) is 3.25. The van der Waals surface area contributed by atoms with Crippen molar-refractivity contribution in [2.45, 2.75) is 12.5 Å². The summed E-state index contributed by atoms with van der Waals surface area (Å²) >= 11 is 12.4. The highest BCUT2D eigenvalue weighted by Gasteiger charge is 2.24. The van der Waals surface area contributed by atoms with Crippen LogP contribution in [0, 0.1) is 0 Å². The third-order valence-corrected chi connectivity index (χ3v) is 6.74. The SMILES string of the molecule is COCCC(C(=O)Nc1ccc2nccnc2c1)n1cc(OC)c(-c2cc(Cl)ccc2-n2cnc(Cl)c2)cc1=O. The normalized spacial score (nSPS) is 11.9. The van der Waals surface area contributed by atoms with E-state index in [1.165, 1.54) is 31.0 Å². The zero-order chi connectivity index (χ0) is 28.2. The Labute approximate surface area is 239 Å². The molecule has 1 amide bonds. The zero-order valence-corrected chi connectivity index (χ0v) is 23.1. The molecule has 0 aliphatic heterocycles. The number of pyridine rings is 1. The van der Waals surface area contributed by atoms with E-state index in [9.17, 15) is 9.59 Å². The number of carbonyl (C=O) groups is 1. The van der Waals surface area contributed by atoms with Crippen molar-refractivity contribution in [2.24, 2.45) is 0 Å². The van der Waals surface area contributed by atoms with Crippen LogP contribution in [-0.4, -0.2) is 50.8 Å². The molecule has 3 heterocycles. The van der Waals surface area contributed by atoms with Crippen LogP contribution in [0.5, 0.6) is 5.75 Å². The highest BCUT2D eigenvalue weighted by atomic mass is 35.5. The molecule has 3 aromatic heterocycles. The van der Waals surface area contributed by atoms with Gasteiger partial charge >= 0.3 is 0 Å². The van der Waals surface area contributed by atoms with E-state index in [0.717, 1.165) is 0 Å². The molecule has 0 radical (unpaired) electrons. The van der Waals surface area contributed by atoms with Gasteiger partial charge in [0.05, 0.1) is 30.0 Å². The van der Waals surface area contributed by atoms with Crippen molar-refractivity contribution in [2.75, 3.05) is 26.1 Å². The number of imidazole rings is 1. The lowest BCUT2D eigenvalue weighted by atomic mass is 10.0. The molecule has 5 rings (SSSR count). The van der Waals surface area contributed by atoms with Crippen molar-refractivity contribution in [1.82, 2.24) is 24.1 Å². The van der Waals surface area contributed by atoms with E-state index in [-0.39, 0.29) is 13.0 Å². The molecular formula is C28H24Cl2N6O4. The molecule has 10 nitrogen and oxygen atoms in total. The van der Waals surface area contributed by atoms with E-state index in [4.69, 9.17) is 32.7 Å². The highest BCUT2D eigenvalue weighted by Crippen LogP contribution is 2.36. The number of nitrogens with zero attached hydrogens (tertiary/aromatic N) is 5. The molecule has 0 saturated heterocycles. The van der Waals surface area contributed by atoms with Gasteiger partial charge in [-0.1, -0.05) is 23.2 Å². The van der Waals surface area contributed by atoms with Crippen LogP contribution in [0.4, 0.5) is 5.69 Å². The first-order chi connectivity index (χ1) is 19.4. The Morgan fingerprint density at radius 3 is 2.50 bits per heavy atom. The van der Waals surface area contributed by atoms with Crippen LogP contribution in [0.3, 0.4) is 0 Å². The second-order valence-electron chi connectivity index (χ2n) is 8.81. The molecule has 0 bridgehead atoms. The van der Waals surface area contributed by atoms with Gasteiger partial charge in [-0.3, -0.25) is 24.1 Å². The minimum atomic E-state index is -0.890. The Kier molecular flexibility index (Phi) is 8.11. The predicted octanol–water partition coefficient (Wildman–Crippen LogP) is 5.18. The maximum atomic E-state index is 13.5. The largest absolute Gasteiger partial charge is 0.495 e. The number of ether oxygens (including phenoxy) is 2. The van der Waals surface area contributed by atoms with Crippen molar-refractivity contribution in [1.29, 1.82) is 0 Å². The summed E-state index contributed by atoms with van der Waals surface area (Å²) in [5.74, 6) is -0.0285. The van der Waals surface area contributed by atoms with E-state index in [2.05, 4.69) is 20.3 Å². The molecule has 204 valence electrons. The monoisotopic (exact) mass is 578 g/mol. The summed E-state index contributed by atoms with van der Waals surface area (Å²) in [7, 11) is 3.03. The van der Waals surface area contributed by atoms with E-state index < -0.39 is 17.5 Å². The minimum absolute atomic E-state index is 0.244. The molecule has 40 heavy (non-hydrogen) atoms. The van der Waals surface area contributed by atoms with Gasteiger partial charge in [0.1, 0.15) is 23.3 Å². The summed E-state index contributed by atoms with van der Waals surface area (Å²) < 4.78 is 14.0. The number of rotatable bonds is 9. The lowest BCUT2D eigenvalue weighted by Gasteiger charge is -2.22. The number of benzene rings is 2. The number of nitrogens with one attached hydrogen (secondary N) is 1. The lowest BCUT2D eigenvalue weighted by molar-refractivity contribution is -0.119. The van der Waals surface area contributed by atoms with Crippen molar-refractivity contribution in [3.8, 4) is 22.6 Å². The molecule has 1 atom stereocenters. The predicted molar refractivity (Wildman–Crippen MR) is 154 cm³/mol. The van der Waals surface area contributed by atoms with Crippen molar-refractivity contribution in [3.05, 3.63) is 94.1 Å². The van der Waals surface area contributed by atoms with E-state index in [1.54, 1.807) is 65.9 Å². The highest BCUT2D eigenvalue weighted by molar-refractivity contribution is 6.31. The third-order valence-electron chi connectivity index (χ3n) is 6.31. The standard InChI is InChI=1S/C28H24Cl2N6O4/c1-39-10-7-24(28(38)34-18-4-5-21-22(12-18)32-9-8-31-21)36-14-25(40-2)20(13-27(36)37)19-11-17(29)3-6-23(19)35-15-26(30)33-16-35/h3-6,8-9,11-16,24H,7,10H2,1-2H3,(H,34,38). The van der Waals surface area contributed by atoms with Gasteiger partial charge in [0.25, 0.3) is 5.56 Å². The number of carbonyl (C=O) groups excluding carboxylic acids is 1. The molecule has 5 aromatic rings. The minimum Gasteiger partial charge on any atom is -0.495 e. The average Bonchev–Trinajstić information content (AvgIpc) is 3.39. The fraction of sp³-hybridized carbons (Fsp3) is 0.179. The van der Waals surface area contributed by atoms with Gasteiger partial charge in [-0.2, -0.15) is 0 Å². The zero-order valence-electron chi connectivity index (χ0n) is 21.5. The topological polar surface area (TPSA) is 113 Å². The molecule has 1 unspecified atom stereocenters. The number of anilines is 1. The number of aromatic nitrogens is 5. The number of fused-ring (bicyclic) bond motifs is 1. The quantitative estimate of drug-likeness (QED) is 0.256. The van der Waals surface area contributed by atoms with Gasteiger partial charge in [0, 0.05) is 66.6 Å². The Morgan fingerprint density at radius 2 is 1.77 bits per heavy atom. The molecule has 0 aliphatic rings. The van der Waals surface area contributed by atoms with E-state index >= 15 is 0 Å². The third kappa shape index (κ3) is 5.69. The molecule has 2 aromatic carbocycles. The average molecular weight is 579 g/mol. The Hall–Kier alpha value is -4.25. The van der Waals surface area contributed by atoms with Crippen molar-refractivity contribution in [3.63, 3.8) is 0 Å². The Balaban J connectivity index is 1.54. The summed E-state index contributed by atoms with van der Waals surface area (Å²) in [6.07, 6.45) is 8.15. The molecule has 0 spiro atoms. The smallest absolute Gasteiger partial charge is 0.252 e. The van der Waals surface area contributed by atoms with Crippen LogP contribution in [-0.2, 0) is 9.53 Å². The van der Waals surface area contributed by atoms with Gasteiger partial charge in [0.15, 0.2) is 0 Å². The molecular weight excluding hydrogens is 555 g/mol. The Morgan fingerprint density at radius 1 is 0.975 bits per heavy atom. The molecule has 1 N–H and O–H groups in total. The van der Waals surface area contributed by atoms with E-state index in [1.807, 2.05) is 0 Å². The van der Waals surface area contributed by atoms with Gasteiger partial charge in [-0.05, 0) is 36.4 Å². The van der Waals surface area contributed by atoms with Crippen molar-refractivity contribution >= 4 is 45.8 Å². The van der Waals surface area contributed by atoms with Crippen LogP contribution >= 0.6 is 23.2 Å². The molecule has 0 saturated carbocycles. The van der Waals surface area contributed by atoms with Gasteiger partial charge in [0.2, 0.25) is 5.91 Å². The van der Waals surface area contributed by atoms with Crippen LogP contribution in [0.15, 0.2) is 78.4 Å². The lowest BCUT2D eigenvalue weighted by Crippen LogP contribution is -2.34. The maximum absolute atomic E-state index is 13.5. The first kappa shape index (κ1) is 27.3. The van der Waals surface area contributed by atoms with Crippen LogP contribution < -0.4 is 15.6 Å². The van der Waals surface area contributed by atoms with Gasteiger partial charge in [-0.25, -0.2) is 4.98 Å². The summed E-state index contributed by atoms with van der Waals surface area (Å²) in [5, 5.41) is 3.67. The number of methoxy groups -OCH3 is 2.